The van der Waals surface area contributed by atoms with E-state index in [1.54, 1.807) is 4.90 Å². The molecule has 0 aliphatic carbocycles. The molecule has 1 aromatic rings. The Morgan fingerprint density at radius 2 is 1.95 bits per heavy atom. The summed E-state index contributed by atoms with van der Waals surface area (Å²) < 4.78 is 25.8. The van der Waals surface area contributed by atoms with Crippen LogP contribution < -0.4 is 0 Å². The molecule has 1 heterocycles. The van der Waals surface area contributed by atoms with Gasteiger partial charge in [0.1, 0.15) is 11.6 Å². The highest BCUT2D eigenvalue weighted by atomic mass is 19.2. The SMILES string of the molecule is N#C/C(=C\c1ccc(F)c(F)c1)C(=O)N1CCCC1. The summed E-state index contributed by atoms with van der Waals surface area (Å²) in [6.45, 7) is 1.27. The van der Waals surface area contributed by atoms with Gasteiger partial charge in [0.05, 0.1) is 0 Å². The lowest BCUT2D eigenvalue weighted by Gasteiger charge is -2.14. The number of nitrogens with zero attached hydrogens (tertiary/aromatic N) is 2. The molecule has 1 fully saturated rings. The summed E-state index contributed by atoms with van der Waals surface area (Å²) >= 11 is 0. The second-order valence-corrected chi connectivity index (χ2v) is 4.34. The van der Waals surface area contributed by atoms with Gasteiger partial charge in [0.25, 0.3) is 5.91 Å². The monoisotopic (exact) mass is 262 g/mol. The van der Waals surface area contributed by atoms with Crippen LogP contribution in [0, 0.1) is 23.0 Å². The predicted molar refractivity (Wildman–Crippen MR) is 65.8 cm³/mol. The number of carbonyl (C=O) groups excluding carboxylic acids is 1. The normalized spacial score (nSPS) is 15.4. The molecule has 0 unspecified atom stereocenters. The van der Waals surface area contributed by atoms with E-state index in [0.29, 0.717) is 18.7 Å². The lowest BCUT2D eigenvalue weighted by atomic mass is 10.1. The molecule has 0 bridgehead atoms. The van der Waals surface area contributed by atoms with Crippen molar-refractivity contribution in [2.75, 3.05) is 13.1 Å². The molecule has 98 valence electrons. The van der Waals surface area contributed by atoms with Crippen molar-refractivity contribution in [3.63, 3.8) is 0 Å². The van der Waals surface area contributed by atoms with Crippen molar-refractivity contribution >= 4 is 12.0 Å². The number of amides is 1. The minimum absolute atomic E-state index is 0.0621. The van der Waals surface area contributed by atoms with Gasteiger partial charge in [-0.3, -0.25) is 4.79 Å². The second-order valence-electron chi connectivity index (χ2n) is 4.34. The van der Waals surface area contributed by atoms with E-state index in [4.69, 9.17) is 5.26 Å². The number of hydrogen-bond donors (Lipinski definition) is 0. The van der Waals surface area contributed by atoms with Gasteiger partial charge in [0.15, 0.2) is 11.6 Å². The Morgan fingerprint density at radius 1 is 1.26 bits per heavy atom. The fourth-order valence-electron chi connectivity index (χ4n) is 2.00. The highest BCUT2D eigenvalue weighted by molar-refractivity contribution is 6.01. The van der Waals surface area contributed by atoms with Crippen molar-refractivity contribution in [3.05, 3.63) is 41.0 Å². The van der Waals surface area contributed by atoms with E-state index in [1.165, 1.54) is 12.1 Å². The molecule has 0 radical (unpaired) electrons. The maximum atomic E-state index is 13.1. The average molecular weight is 262 g/mol. The van der Waals surface area contributed by atoms with Crippen LogP contribution in [0.1, 0.15) is 18.4 Å². The van der Waals surface area contributed by atoms with Gasteiger partial charge in [-0.05, 0) is 36.6 Å². The predicted octanol–water partition coefficient (Wildman–Crippen LogP) is 2.49. The lowest BCUT2D eigenvalue weighted by Crippen LogP contribution is -2.28. The highest BCUT2D eigenvalue weighted by Gasteiger charge is 2.21. The van der Waals surface area contributed by atoms with E-state index in [0.717, 1.165) is 25.0 Å². The van der Waals surface area contributed by atoms with E-state index in [1.807, 2.05) is 6.07 Å². The molecule has 0 saturated carbocycles. The third-order valence-corrected chi connectivity index (χ3v) is 3.00. The third-order valence-electron chi connectivity index (χ3n) is 3.00. The van der Waals surface area contributed by atoms with Crippen molar-refractivity contribution in [1.82, 2.24) is 4.90 Å². The molecule has 1 amide bonds. The molecule has 0 N–H and O–H groups in total. The zero-order chi connectivity index (χ0) is 13.8. The maximum absolute atomic E-state index is 13.1. The fraction of sp³-hybridized carbons (Fsp3) is 0.286. The van der Waals surface area contributed by atoms with Gasteiger partial charge in [-0.1, -0.05) is 6.07 Å². The fourth-order valence-corrected chi connectivity index (χ4v) is 2.00. The van der Waals surface area contributed by atoms with Gasteiger partial charge in [-0.25, -0.2) is 8.78 Å². The largest absolute Gasteiger partial charge is 0.338 e. The van der Waals surface area contributed by atoms with Crippen LogP contribution >= 0.6 is 0 Å². The van der Waals surface area contributed by atoms with E-state index in [9.17, 15) is 13.6 Å². The summed E-state index contributed by atoms with van der Waals surface area (Å²) in [7, 11) is 0. The van der Waals surface area contributed by atoms with Crippen molar-refractivity contribution < 1.29 is 13.6 Å². The van der Waals surface area contributed by atoms with Crippen LogP contribution in [-0.4, -0.2) is 23.9 Å². The second kappa shape index (κ2) is 5.61. The molecule has 0 spiro atoms. The molecule has 2 rings (SSSR count). The molecular weight excluding hydrogens is 250 g/mol. The topological polar surface area (TPSA) is 44.1 Å². The Morgan fingerprint density at radius 3 is 2.53 bits per heavy atom. The van der Waals surface area contributed by atoms with Crippen LogP contribution in [0.5, 0.6) is 0 Å². The first kappa shape index (κ1) is 13.2. The van der Waals surface area contributed by atoms with E-state index >= 15 is 0 Å². The maximum Gasteiger partial charge on any atom is 0.264 e. The first-order chi connectivity index (χ1) is 9.11. The van der Waals surface area contributed by atoms with Crippen molar-refractivity contribution in [2.45, 2.75) is 12.8 Å². The molecule has 19 heavy (non-hydrogen) atoms. The summed E-state index contributed by atoms with van der Waals surface area (Å²) in [6, 6.07) is 5.07. The number of hydrogen-bond acceptors (Lipinski definition) is 2. The summed E-state index contributed by atoms with van der Waals surface area (Å²) in [5.74, 6) is -2.31. The first-order valence-electron chi connectivity index (χ1n) is 5.98. The molecule has 1 aromatic carbocycles. The summed E-state index contributed by atoms with van der Waals surface area (Å²) in [4.78, 5) is 13.6. The smallest absolute Gasteiger partial charge is 0.264 e. The van der Waals surface area contributed by atoms with Gasteiger partial charge in [0, 0.05) is 13.1 Å². The number of carbonyl (C=O) groups is 1. The van der Waals surface area contributed by atoms with Gasteiger partial charge in [-0.2, -0.15) is 5.26 Å². The van der Waals surface area contributed by atoms with Crippen LogP contribution in [0.25, 0.3) is 6.08 Å². The Kier molecular flexibility index (Phi) is 3.91. The van der Waals surface area contributed by atoms with Crippen molar-refractivity contribution in [1.29, 1.82) is 5.26 Å². The number of likely N-dealkylation sites (tertiary alicyclic amines) is 1. The molecule has 1 aliphatic rings. The highest BCUT2D eigenvalue weighted by Crippen LogP contribution is 2.16. The van der Waals surface area contributed by atoms with E-state index in [-0.39, 0.29) is 11.5 Å². The van der Waals surface area contributed by atoms with Gasteiger partial charge in [0.2, 0.25) is 0 Å². The summed E-state index contributed by atoms with van der Waals surface area (Å²) in [6.07, 6.45) is 3.13. The number of halogens is 2. The van der Waals surface area contributed by atoms with Gasteiger partial charge < -0.3 is 4.90 Å². The Hall–Kier alpha value is -2.22. The van der Waals surface area contributed by atoms with E-state index in [2.05, 4.69) is 0 Å². The Bertz CT molecular complexity index is 569. The zero-order valence-corrected chi connectivity index (χ0v) is 10.2. The average Bonchev–Trinajstić information content (AvgIpc) is 2.93. The van der Waals surface area contributed by atoms with Crippen molar-refractivity contribution in [3.8, 4) is 6.07 Å². The molecule has 0 atom stereocenters. The van der Waals surface area contributed by atoms with Gasteiger partial charge in [-0.15, -0.1) is 0 Å². The quantitative estimate of drug-likeness (QED) is 0.607. The molecule has 5 heteroatoms. The van der Waals surface area contributed by atoms with Gasteiger partial charge >= 0.3 is 0 Å². The van der Waals surface area contributed by atoms with Crippen LogP contribution in [0.3, 0.4) is 0 Å². The lowest BCUT2D eigenvalue weighted by molar-refractivity contribution is -0.125. The molecular formula is C14H12F2N2O. The summed E-state index contributed by atoms with van der Waals surface area (Å²) in [5.41, 5.74) is 0.232. The zero-order valence-electron chi connectivity index (χ0n) is 10.2. The van der Waals surface area contributed by atoms with E-state index < -0.39 is 11.6 Å². The molecule has 1 aliphatic heterocycles. The standard InChI is InChI=1S/C14H12F2N2O/c15-12-4-3-10(8-13(12)16)7-11(9-17)14(19)18-5-1-2-6-18/h3-4,7-8H,1-2,5-6H2/b11-7+. The van der Waals surface area contributed by atoms with Crippen LogP contribution in [0.2, 0.25) is 0 Å². The molecule has 3 nitrogen and oxygen atoms in total. The Labute approximate surface area is 109 Å². The van der Waals surface area contributed by atoms with Crippen molar-refractivity contribution in [2.24, 2.45) is 0 Å². The minimum Gasteiger partial charge on any atom is -0.338 e. The van der Waals surface area contributed by atoms with Crippen LogP contribution in [0.4, 0.5) is 8.78 Å². The number of rotatable bonds is 2. The Balaban J connectivity index is 2.25. The number of benzene rings is 1. The van der Waals surface area contributed by atoms with Crippen LogP contribution in [0.15, 0.2) is 23.8 Å². The molecule has 1 saturated heterocycles. The minimum atomic E-state index is -1.00. The third kappa shape index (κ3) is 2.97. The number of nitriles is 1. The summed E-state index contributed by atoms with van der Waals surface area (Å²) in [5, 5.41) is 9.01. The van der Waals surface area contributed by atoms with Crippen LogP contribution in [-0.2, 0) is 4.79 Å². The first-order valence-corrected chi connectivity index (χ1v) is 5.98. The molecule has 0 aromatic heterocycles.